The van der Waals surface area contributed by atoms with Crippen LogP contribution in [0.2, 0.25) is 0 Å². The summed E-state index contributed by atoms with van der Waals surface area (Å²) in [4.78, 5) is 22.2. The van der Waals surface area contributed by atoms with Crippen LogP contribution in [0.1, 0.15) is 25.8 Å². The molecule has 0 bridgehead atoms. The number of nitrogens with zero attached hydrogens (tertiary/aromatic N) is 3. The highest BCUT2D eigenvalue weighted by molar-refractivity contribution is 7.89. The Bertz CT molecular complexity index is 1400. The lowest BCUT2D eigenvalue weighted by Crippen LogP contribution is -2.39. The number of benzene rings is 2. The van der Waals surface area contributed by atoms with Crippen LogP contribution in [0.25, 0.3) is 0 Å². The molecule has 0 unspecified atom stereocenters. The molecule has 12 heteroatoms. The summed E-state index contributed by atoms with van der Waals surface area (Å²) in [5.74, 6) is -0.282. The summed E-state index contributed by atoms with van der Waals surface area (Å²) in [7, 11) is -3.67. The second-order valence-corrected chi connectivity index (χ2v) is 9.87. The summed E-state index contributed by atoms with van der Waals surface area (Å²) < 4.78 is 47.5. The van der Waals surface area contributed by atoms with E-state index in [9.17, 15) is 17.6 Å². The van der Waals surface area contributed by atoms with Gasteiger partial charge in [-0.2, -0.15) is 4.98 Å². The molecule has 2 heterocycles. The first-order valence-corrected chi connectivity index (χ1v) is 12.9. The molecule has 1 aliphatic heterocycles. The van der Waals surface area contributed by atoms with Crippen molar-refractivity contribution in [1.29, 1.82) is 0 Å². The quantitative estimate of drug-likeness (QED) is 0.393. The molecule has 190 valence electrons. The zero-order valence-corrected chi connectivity index (χ0v) is 20.9. The summed E-state index contributed by atoms with van der Waals surface area (Å²) in [6, 6.07) is 9.93. The van der Waals surface area contributed by atoms with Crippen LogP contribution in [0.15, 0.2) is 47.5 Å². The van der Waals surface area contributed by atoms with Gasteiger partial charge in [0.1, 0.15) is 5.75 Å². The van der Waals surface area contributed by atoms with Gasteiger partial charge in [-0.05, 0) is 49.2 Å². The Morgan fingerprint density at radius 2 is 1.86 bits per heavy atom. The Kier molecular flexibility index (Phi) is 7.36. The summed E-state index contributed by atoms with van der Waals surface area (Å²) in [5.41, 5.74) is 2.11. The van der Waals surface area contributed by atoms with E-state index in [1.165, 1.54) is 6.07 Å². The normalized spacial score (nSPS) is 13.2. The third-order valence-electron chi connectivity index (χ3n) is 5.42. The average Bonchev–Trinajstić information content (AvgIpc) is 2.84. The van der Waals surface area contributed by atoms with Crippen molar-refractivity contribution in [1.82, 2.24) is 14.7 Å². The molecule has 0 atom stereocenters. The van der Waals surface area contributed by atoms with Crippen LogP contribution in [0.5, 0.6) is 5.75 Å². The second kappa shape index (κ2) is 10.5. The van der Waals surface area contributed by atoms with Gasteiger partial charge in [0.15, 0.2) is 18.2 Å². The van der Waals surface area contributed by atoms with Crippen LogP contribution in [0.4, 0.5) is 33.2 Å². The van der Waals surface area contributed by atoms with Crippen molar-refractivity contribution < 1.29 is 22.3 Å². The first kappa shape index (κ1) is 25.3. The maximum atomic E-state index is 14.6. The minimum absolute atomic E-state index is 0.0219. The van der Waals surface area contributed by atoms with E-state index in [1.807, 2.05) is 6.92 Å². The number of fused-ring (bicyclic) bond motifs is 1. The number of halogens is 1. The molecule has 4 rings (SSSR count). The Labute approximate surface area is 209 Å². The van der Waals surface area contributed by atoms with Crippen LogP contribution in [-0.4, -0.2) is 44.0 Å². The lowest BCUT2D eigenvalue weighted by Gasteiger charge is -2.29. The van der Waals surface area contributed by atoms with Gasteiger partial charge in [-0.1, -0.05) is 19.9 Å². The molecule has 3 N–H and O–H groups in total. The van der Waals surface area contributed by atoms with E-state index < -0.39 is 15.8 Å². The molecular formula is C24H27FN6O4S. The molecule has 0 aliphatic carbocycles. The summed E-state index contributed by atoms with van der Waals surface area (Å²) in [5, 5.41) is 5.85. The number of nitrogens with one attached hydrogen (secondary N) is 3. The van der Waals surface area contributed by atoms with Crippen LogP contribution in [-0.2, 0) is 14.8 Å². The van der Waals surface area contributed by atoms with Gasteiger partial charge in [0.05, 0.1) is 16.8 Å². The van der Waals surface area contributed by atoms with E-state index in [-0.39, 0.29) is 35.7 Å². The SMILES string of the molecule is CCCN1C(=O)COc2ccc(Nc3nc(Nc4ccc(C)c(S(=O)(=O)NCC)c4)ncc3F)cc21. The molecule has 1 aromatic heterocycles. The number of amides is 1. The van der Waals surface area contributed by atoms with E-state index >= 15 is 0 Å². The number of aromatic nitrogens is 2. The van der Waals surface area contributed by atoms with Crippen LogP contribution >= 0.6 is 0 Å². The van der Waals surface area contributed by atoms with E-state index in [0.29, 0.717) is 34.9 Å². The molecule has 2 aromatic carbocycles. The van der Waals surface area contributed by atoms with Crippen molar-refractivity contribution in [3.8, 4) is 5.75 Å². The lowest BCUT2D eigenvalue weighted by atomic mass is 10.2. The molecule has 0 fully saturated rings. The molecule has 1 aliphatic rings. The Hall–Kier alpha value is -3.77. The maximum Gasteiger partial charge on any atom is 0.265 e. The summed E-state index contributed by atoms with van der Waals surface area (Å²) in [6.07, 6.45) is 1.78. The zero-order valence-electron chi connectivity index (χ0n) is 20.1. The van der Waals surface area contributed by atoms with Gasteiger partial charge in [-0.3, -0.25) is 4.79 Å². The molecule has 1 amide bonds. The van der Waals surface area contributed by atoms with Crippen molar-refractivity contribution in [3.05, 3.63) is 54.0 Å². The fraction of sp³-hybridized carbons (Fsp3) is 0.292. The maximum absolute atomic E-state index is 14.6. The van der Waals surface area contributed by atoms with Gasteiger partial charge < -0.3 is 20.3 Å². The lowest BCUT2D eigenvalue weighted by molar-refractivity contribution is -0.121. The monoisotopic (exact) mass is 514 g/mol. The fourth-order valence-electron chi connectivity index (χ4n) is 3.76. The van der Waals surface area contributed by atoms with Crippen LogP contribution < -0.4 is 25.0 Å². The number of carbonyl (C=O) groups excluding carboxylic acids is 1. The fourth-order valence-corrected chi connectivity index (χ4v) is 5.07. The van der Waals surface area contributed by atoms with Gasteiger partial charge in [-0.15, -0.1) is 0 Å². The smallest absolute Gasteiger partial charge is 0.265 e. The van der Waals surface area contributed by atoms with Gasteiger partial charge in [0.25, 0.3) is 5.91 Å². The van der Waals surface area contributed by atoms with Crippen molar-refractivity contribution in [2.75, 3.05) is 35.2 Å². The van der Waals surface area contributed by atoms with Crippen molar-refractivity contribution >= 4 is 44.8 Å². The number of hydrogen-bond acceptors (Lipinski definition) is 8. The highest BCUT2D eigenvalue weighted by atomic mass is 32.2. The Balaban J connectivity index is 1.59. The molecule has 0 radical (unpaired) electrons. The van der Waals surface area contributed by atoms with E-state index in [0.717, 1.165) is 12.6 Å². The first-order valence-electron chi connectivity index (χ1n) is 11.5. The van der Waals surface area contributed by atoms with Crippen LogP contribution in [0, 0.1) is 12.7 Å². The zero-order chi connectivity index (χ0) is 25.9. The minimum atomic E-state index is -3.67. The average molecular weight is 515 g/mol. The molecular weight excluding hydrogens is 487 g/mol. The molecule has 0 spiro atoms. The van der Waals surface area contributed by atoms with E-state index in [1.54, 1.807) is 49.1 Å². The first-order chi connectivity index (χ1) is 17.2. The van der Waals surface area contributed by atoms with Gasteiger partial charge >= 0.3 is 0 Å². The number of aryl methyl sites for hydroxylation is 1. The standard InChI is InChI=1S/C24H27FN6O4S/c1-4-10-31-19-11-16(8-9-20(19)35-14-22(31)32)28-23-18(25)13-26-24(30-23)29-17-7-6-15(3)21(12-17)36(33,34)27-5-2/h6-9,11-13,27H,4-5,10,14H2,1-3H3,(H2,26,28,29,30). The second-order valence-electron chi connectivity index (χ2n) is 8.14. The topological polar surface area (TPSA) is 126 Å². The predicted octanol–water partition coefficient (Wildman–Crippen LogP) is 3.84. The van der Waals surface area contributed by atoms with Gasteiger partial charge in [0.2, 0.25) is 16.0 Å². The Morgan fingerprint density at radius 3 is 2.61 bits per heavy atom. The molecule has 3 aromatic rings. The number of hydrogen-bond donors (Lipinski definition) is 3. The molecule has 10 nitrogen and oxygen atoms in total. The van der Waals surface area contributed by atoms with Gasteiger partial charge in [-0.25, -0.2) is 22.5 Å². The molecule has 0 saturated heterocycles. The predicted molar refractivity (Wildman–Crippen MR) is 135 cm³/mol. The number of carbonyl (C=O) groups is 1. The number of rotatable bonds is 9. The molecule has 0 saturated carbocycles. The third kappa shape index (κ3) is 5.39. The highest BCUT2D eigenvalue weighted by Gasteiger charge is 2.25. The Morgan fingerprint density at radius 1 is 1.11 bits per heavy atom. The summed E-state index contributed by atoms with van der Waals surface area (Å²) >= 11 is 0. The van der Waals surface area contributed by atoms with Crippen molar-refractivity contribution in [3.63, 3.8) is 0 Å². The van der Waals surface area contributed by atoms with Crippen molar-refractivity contribution in [2.24, 2.45) is 0 Å². The summed E-state index contributed by atoms with van der Waals surface area (Å²) in [6.45, 7) is 6.15. The highest BCUT2D eigenvalue weighted by Crippen LogP contribution is 2.35. The van der Waals surface area contributed by atoms with Gasteiger partial charge in [0, 0.05) is 24.5 Å². The number of ether oxygens (including phenoxy) is 1. The number of sulfonamides is 1. The van der Waals surface area contributed by atoms with Crippen LogP contribution in [0.3, 0.4) is 0 Å². The minimum Gasteiger partial charge on any atom is -0.482 e. The molecule has 36 heavy (non-hydrogen) atoms. The third-order valence-corrected chi connectivity index (χ3v) is 7.11. The van der Waals surface area contributed by atoms with E-state index in [2.05, 4.69) is 25.3 Å². The number of anilines is 5. The van der Waals surface area contributed by atoms with Crippen molar-refractivity contribution in [2.45, 2.75) is 32.1 Å². The van der Waals surface area contributed by atoms with E-state index in [4.69, 9.17) is 4.74 Å². The largest absolute Gasteiger partial charge is 0.482 e.